The van der Waals surface area contributed by atoms with Crippen LogP contribution >= 0.6 is 11.6 Å². The van der Waals surface area contributed by atoms with Gasteiger partial charge in [-0.3, -0.25) is 14.4 Å². The number of hydrogen-bond donors (Lipinski definition) is 1. The van der Waals surface area contributed by atoms with Crippen molar-refractivity contribution in [2.75, 3.05) is 19.6 Å². The molecule has 4 aromatic carbocycles. The third kappa shape index (κ3) is 14.7. The van der Waals surface area contributed by atoms with Crippen LogP contribution in [0.1, 0.15) is 209 Å². The second-order valence-electron chi connectivity index (χ2n) is 18.3. The molecule has 1 N–H and O–H groups in total. The number of ketones is 2. The molecular formula is C60H82ClN3O6. The van der Waals surface area contributed by atoms with Crippen LogP contribution in [0.25, 0.3) is 22.3 Å². The highest BCUT2D eigenvalue weighted by Gasteiger charge is 2.42. The molecule has 0 atom stereocenters. The van der Waals surface area contributed by atoms with Crippen molar-refractivity contribution in [2.24, 2.45) is 10.3 Å². The smallest absolute Gasteiger partial charge is 0.335 e. The highest BCUT2D eigenvalue weighted by Crippen LogP contribution is 2.54. The minimum absolute atomic E-state index is 0.0491. The Bertz CT molecular complexity index is 2390. The molecule has 10 heteroatoms. The molecule has 70 heavy (non-hydrogen) atoms. The topological polar surface area (TPSA) is 126 Å². The molecule has 0 bridgehead atoms. The van der Waals surface area contributed by atoms with Crippen LogP contribution in [0.2, 0.25) is 0 Å². The number of halogens is 1. The van der Waals surface area contributed by atoms with Gasteiger partial charge in [0.1, 0.15) is 11.4 Å². The fourth-order valence-electron chi connectivity index (χ4n) is 9.94. The average molecular weight is 977 g/mol. The molecule has 2 aliphatic rings. The van der Waals surface area contributed by atoms with Crippen LogP contribution in [-0.4, -0.2) is 63.9 Å². The van der Waals surface area contributed by atoms with E-state index in [-0.39, 0.29) is 45.0 Å². The summed E-state index contributed by atoms with van der Waals surface area (Å²) >= 11 is 5.12. The number of carbonyl (C=O) groups is 4. The number of unbranched alkanes of at least 4 members (excludes halogenated alkanes) is 6. The van der Waals surface area contributed by atoms with E-state index in [0.717, 1.165) is 64.2 Å². The molecule has 0 unspecified atom stereocenters. The number of carbonyl (C=O) groups excluding carboxylic acids is 4. The third-order valence-corrected chi connectivity index (χ3v) is 14.6. The lowest BCUT2D eigenvalue weighted by Gasteiger charge is -2.29. The van der Waals surface area contributed by atoms with Gasteiger partial charge in [-0.1, -0.05) is 184 Å². The van der Waals surface area contributed by atoms with Crippen LogP contribution < -0.4 is 0 Å². The van der Waals surface area contributed by atoms with Crippen LogP contribution in [-0.2, 0) is 25.3 Å². The van der Waals surface area contributed by atoms with E-state index in [1.165, 1.54) is 83.9 Å². The van der Waals surface area contributed by atoms with E-state index in [4.69, 9.17) is 21.6 Å². The Morgan fingerprint density at radius 3 is 1.30 bits per heavy atom. The van der Waals surface area contributed by atoms with Crippen LogP contribution in [0.3, 0.4) is 0 Å². The lowest BCUT2D eigenvalue weighted by molar-refractivity contribution is -0.143. The quantitative estimate of drug-likeness (QED) is 0.0158. The fraction of sp³-hybridized carbons (Fsp3) is 0.500. The number of oxime groups is 2. The zero-order chi connectivity index (χ0) is 51.9. The first kappa shape index (κ1) is 59.1. The molecule has 0 spiro atoms. The summed E-state index contributed by atoms with van der Waals surface area (Å²) in [6.45, 7) is 26.3. The molecule has 2 aliphatic carbocycles. The Morgan fingerprint density at radius 1 is 0.529 bits per heavy atom. The molecule has 0 aliphatic heterocycles. The highest BCUT2D eigenvalue weighted by atomic mass is 35.5. The number of fused-ring (bicyclic) bond motifs is 6. The lowest BCUT2D eigenvalue weighted by atomic mass is 9.73. The van der Waals surface area contributed by atoms with Gasteiger partial charge >= 0.3 is 5.97 Å². The van der Waals surface area contributed by atoms with Crippen molar-refractivity contribution < 1.29 is 29.2 Å². The van der Waals surface area contributed by atoms with Crippen LogP contribution in [0.15, 0.2) is 95.2 Å². The Morgan fingerprint density at radius 2 is 0.929 bits per heavy atom. The predicted molar refractivity (Wildman–Crippen MR) is 291 cm³/mol. The monoisotopic (exact) mass is 976 g/mol. The SMILES string of the molecule is CCC1(CC)c2ccccc2-c2ccc(C(=O)/C(C)=N\O)cc21.CCCCCCC(=O)Cl.CCCCCCC(=O)O/N=C(/C)C(=O)c1ccc2c(c1)C(CC)(CC)c1ccccc1-2.CCN(CC)CC. The first-order chi connectivity index (χ1) is 33.7. The average Bonchev–Trinajstić information content (AvgIpc) is 3.84. The van der Waals surface area contributed by atoms with Gasteiger partial charge in [0.25, 0.3) is 0 Å². The summed E-state index contributed by atoms with van der Waals surface area (Å²) in [7, 11) is 0. The molecule has 0 fully saturated rings. The maximum atomic E-state index is 13.0. The largest absolute Gasteiger partial charge is 0.411 e. The highest BCUT2D eigenvalue weighted by molar-refractivity contribution is 6.63. The van der Waals surface area contributed by atoms with Gasteiger partial charge in [-0.05, 0) is 140 Å². The lowest BCUT2D eigenvalue weighted by Crippen LogP contribution is -2.23. The summed E-state index contributed by atoms with van der Waals surface area (Å²) in [5.74, 6) is -0.824. The number of Topliss-reactive ketones (excluding diaryl/α,β-unsaturated/α-hetero) is 2. The Kier molecular flexibility index (Phi) is 25.2. The summed E-state index contributed by atoms with van der Waals surface area (Å²) in [6, 6.07) is 28.8. The number of benzene rings is 4. The first-order valence-electron chi connectivity index (χ1n) is 26.1. The standard InChI is InChI=1S/C27H33NO3.C20H21NO2.C7H13ClO.C6H15N/c1-5-8-9-10-15-25(29)31-28-19(4)26(30)20-16-17-22-21-13-11-12-14-23(21)27(6-2,7-3)24(22)18-20;1-4-20(5-2)17-9-7-6-8-15(17)16-11-10-14(12-18(16)20)19(22)13(3)21-23;1-2-3-4-5-6-7(8)9;1-4-7(5-2)6-3/h11-14,16-18H,5-10,15H2,1-4H3;6-12,23H,4-5H2,1-3H3;2-6H2,1H3;4-6H2,1-3H3/b28-19-;21-13-;;. The maximum absolute atomic E-state index is 13.0. The van der Waals surface area contributed by atoms with Crippen molar-refractivity contribution in [3.63, 3.8) is 0 Å². The number of hydrogen-bond acceptors (Lipinski definition) is 9. The van der Waals surface area contributed by atoms with E-state index in [2.05, 4.69) is 126 Å². The third-order valence-electron chi connectivity index (χ3n) is 14.4. The van der Waals surface area contributed by atoms with Crippen molar-refractivity contribution in [1.82, 2.24) is 4.90 Å². The van der Waals surface area contributed by atoms with Crippen LogP contribution in [0.5, 0.6) is 0 Å². The molecule has 0 radical (unpaired) electrons. The summed E-state index contributed by atoms with van der Waals surface area (Å²) in [5, 5.41) is 15.5. The zero-order valence-corrected chi connectivity index (χ0v) is 45.1. The zero-order valence-electron chi connectivity index (χ0n) is 44.3. The van der Waals surface area contributed by atoms with Gasteiger partial charge < -0.3 is 14.9 Å². The van der Waals surface area contributed by atoms with Gasteiger partial charge in [-0.25, -0.2) is 4.79 Å². The van der Waals surface area contributed by atoms with Gasteiger partial charge in [0, 0.05) is 34.8 Å². The van der Waals surface area contributed by atoms with E-state index in [1.807, 2.05) is 36.4 Å². The molecule has 0 amide bonds. The maximum Gasteiger partial charge on any atom is 0.335 e. The van der Waals surface area contributed by atoms with E-state index in [9.17, 15) is 19.2 Å². The molecule has 380 valence electrons. The van der Waals surface area contributed by atoms with Crippen LogP contribution in [0.4, 0.5) is 0 Å². The van der Waals surface area contributed by atoms with E-state index in [0.29, 0.717) is 24.0 Å². The number of rotatable bonds is 22. The molecule has 0 saturated carbocycles. The summed E-state index contributed by atoms with van der Waals surface area (Å²) in [4.78, 5) is 54.7. The molecule has 0 saturated heterocycles. The van der Waals surface area contributed by atoms with Gasteiger partial charge in [0.15, 0.2) is 0 Å². The molecule has 0 heterocycles. The van der Waals surface area contributed by atoms with E-state index < -0.39 is 0 Å². The molecular weight excluding hydrogens is 894 g/mol. The van der Waals surface area contributed by atoms with Crippen molar-refractivity contribution in [2.45, 2.75) is 177 Å². The Hall–Kier alpha value is -5.25. The molecule has 4 aromatic rings. The van der Waals surface area contributed by atoms with Gasteiger partial charge in [-0.2, -0.15) is 0 Å². The van der Waals surface area contributed by atoms with Gasteiger partial charge in [0.05, 0.1) is 0 Å². The predicted octanol–water partition coefficient (Wildman–Crippen LogP) is 15.7. The van der Waals surface area contributed by atoms with E-state index in [1.54, 1.807) is 6.92 Å². The second kappa shape index (κ2) is 29.8. The Labute approximate surface area is 425 Å². The van der Waals surface area contributed by atoms with Gasteiger partial charge in [0.2, 0.25) is 16.8 Å². The van der Waals surface area contributed by atoms with Crippen molar-refractivity contribution in [1.29, 1.82) is 0 Å². The Balaban J connectivity index is 0.000000289. The minimum atomic E-state index is -0.386. The second-order valence-corrected chi connectivity index (χ2v) is 18.7. The fourth-order valence-corrected chi connectivity index (χ4v) is 10.1. The first-order valence-corrected chi connectivity index (χ1v) is 26.5. The van der Waals surface area contributed by atoms with Crippen LogP contribution in [0, 0.1) is 0 Å². The molecule has 0 aromatic heterocycles. The summed E-state index contributed by atoms with van der Waals surface area (Å²) in [5.41, 5.74) is 11.3. The van der Waals surface area contributed by atoms with E-state index >= 15 is 0 Å². The summed E-state index contributed by atoms with van der Waals surface area (Å²) in [6.07, 6.45) is 13.3. The minimum Gasteiger partial charge on any atom is -0.411 e. The van der Waals surface area contributed by atoms with Gasteiger partial charge in [-0.15, -0.1) is 0 Å². The molecule has 6 rings (SSSR count). The molecule has 9 nitrogen and oxygen atoms in total. The number of nitrogens with zero attached hydrogens (tertiary/aromatic N) is 3. The van der Waals surface area contributed by atoms with Crippen molar-refractivity contribution in [3.8, 4) is 22.3 Å². The normalized spacial score (nSPS) is 13.5. The van der Waals surface area contributed by atoms with Crippen molar-refractivity contribution >= 4 is 45.8 Å². The summed E-state index contributed by atoms with van der Waals surface area (Å²) < 4.78 is 0. The van der Waals surface area contributed by atoms with Crippen molar-refractivity contribution in [3.05, 3.63) is 118 Å².